The van der Waals surface area contributed by atoms with Crippen molar-refractivity contribution in [2.45, 2.75) is 43.9 Å². The first-order chi connectivity index (χ1) is 9.54. The summed E-state index contributed by atoms with van der Waals surface area (Å²) in [6, 6.07) is 1.65. The fraction of sp³-hybridized carbons (Fsp3) is 0.692. The van der Waals surface area contributed by atoms with E-state index in [1.165, 1.54) is 4.31 Å². The predicted octanol–water partition coefficient (Wildman–Crippen LogP) is 0.800. The zero-order valence-electron chi connectivity index (χ0n) is 11.9. The van der Waals surface area contributed by atoms with Gasteiger partial charge in [-0.2, -0.15) is 4.31 Å². The van der Waals surface area contributed by atoms with Gasteiger partial charge in [-0.05, 0) is 25.8 Å². The highest BCUT2D eigenvalue weighted by Gasteiger charge is 2.38. The Labute approximate surface area is 120 Å². The van der Waals surface area contributed by atoms with Gasteiger partial charge in [0.1, 0.15) is 4.90 Å². The van der Waals surface area contributed by atoms with Crippen LogP contribution in [-0.4, -0.2) is 48.7 Å². The summed E-state index contributed by atoms with van der Waals surface area (Å²) in [5, 5.41) is 9.28. The monoisotopic (exact) mass is 302 g/mol. The average Bonchev–Trinajstić information content (AvgIpc) is 3.16. The molecule has 114 valence electrons. The summed E-state index contributed by atoms with van der Waals surface area (Å²) in [4.78, 5) is 0.256. The van der Waals surface area contributed by atoms with E-state index in [0.29, 0.717) is 25.4 Å². The van der Waals surface area contributed by atoms with Crippen LogP contribution in [0.15, 0.2) is 17.2 Å². The average molecular weight is 302 g/mol. The minimum atomic E-state index is -3.51. The van der Waals surface area contributed by atoms with Crippen molar-refractivity contribution in [3.05, 3.63) is 18.0 Å². The highest BCUT2D eigenvalue weighted by atomic mass is 32.2. The van der Waals surface area contributed by atoms with Crippen molar-refractivity contribution in [1.29, 1.82) is 0 Å². The van der Waals surface area contributed by atoms with Crippen LogP contribution in [0.25, 0.3) is 0 Å². The summed E-state index contributed by atoms with van der Waals surface area (Å²) in [6.45, 7) is 3.14. The van der Waals surface area contributed by atoms with Crippen LogP contribution in [0.5, 0.6) is 0 Å². The number of aryl methyl sites for hydroxylation is 1. The molecule has 0 bridgehead atoms. The third-order valence-electron chi connectivity index (χ3n) is 3.54. The molecule has 0 radical (unpaired) electrons. The van der Waals surface area contributed by atoms with Crippen molar-refractivity contribution in [2.24, 2.45) is 0 Å². The molecule has 1 aliphatic carbocycles. The molecule has 0 saturated heterocycles. The molecule has 6 nitrogen and oxygen atoms in total. The summed E-state index contributed by atoms with van der Waals surface area (Å²) in [6.07, 6.45) is 3.41. The molecule has 7 heteroatoms. The van der Waals surface area contributed by atoms with Crippen molar-refractivity contribution in [2.75, 3.05) is 20.3 Å². The van der Waals surface area contributed by atoms with Crippen LogP contribution in [0.2, 0.25) is 0 Å². The molecule has 1 aromatic rings. The smallest absolute Gasteiger partial charge is 0.244 e. The predicted molar refractivity (Wildman–Crippen MR) is 74.8 cm³/mol. The number of aliphatic hydroxyl groups is 1. The van der Waals surface area contributed by atoms with Gasteiger partial charge in [0.25, 0.3) is 0 Å². The van der Waals surface area contributed by atoms with E-state index in [-0.39, 0.29) is 17.5 Å². The lowest BCUT2D eigenvalue weighted by atomic mass is 10.4. The standard InChI is InChI=1S/C13H22N2O4S/c1-3-14-9-13(8-12(14)10-16)20(17,18)15(6-7-19-2)11-4-5-11/h8-9,11,16H,3-7,10H2,1-2H3. The fourth-order valence-electron chi connectivity index (χ4n) is 2.27. The lowest BCUT2D eigenvalue weighted by Crippen LogP contribution is -2.35. The van der Waals surface area contributed by atoms with Gasteiger partial charge in [-0.15, -0.1) is 0 Å². The van der Waals surface area contributed by atoms with Gasteiger partial charge in [0.15, 0.2) is 0 Å². The Balaban J connectivity index is 2.29. The number of nitrogens with zero attached hydrogens (tertiary/aromatic N) is 2. The summed E-state index contributed by atoms with van der Waals surface area (Å²) in [5.74, 6) is 0. The second-order valence-corrected chi connectivity index (χ2v) is 6.84. The van der Waals surface area contributed by atoms with Crippen molar-refractivity contribution in [1.82, 2.24) is 8.87 Å². The van der Waals surface area contributed by atoms with Crippen LogP contribution in [0, 0.1) is 0 Å². The molecule has 1 aromatic heterocycles. The summed E-state index contributed by atoms with van der Waals surface area (Å²) >= 11 is 0. The van der Waals surface area contributed by atoms with Crippen LogP contribution in [0.1, 0.15) is 25.5 Å². The maximum absolute atomic E-state index is 12.7. The van der Waals surface area contributed by atoms with Gasteiger partial charge in [-0.3, -0.25) is 0 Å². The summed E-state index contributed by atoms with van der Waals surface area (Å²) in [7, 11) is -1.95. The molecular weight excluding hydrogens is 280 g/mol. The van der Waals surface area contributed by atoms with Gasteiger partial charge in [0, 0.05) is 38.1 Å². The van der Waals surface area contributed by atoms with Gasteiger partial charge < -0.3 is 14.4 Å². The van der Waals surface area contributed by atoms with E-state index in [0.717, 1.165) is 12.8 Å². The van der Waals surface area contributed by atoms with Crippen molar-refractivity contribution < 1.29 is 18.3 Å². The van der Waals surface area contributed by atoms with Crippen molar-refractivity contribution in [3.63, 3.8) is 0 Å². The Morgan fingerprint density at radius 1 is 1.50 bits per heavy atom. The van der Waals surface area contributed by atoms with E-state index in [1.54, 1.807) is 23.9 Å². The molecule has 1 saturated carbocycles. The third kappa shape index (κ3) is 3.06. The molecule has 0 aromatic carbocycles. The van der Waals surface area contributed by atoms with E-state index in [4.69, 9.17) is 4.74 Å². The topological polar surface area (TPSA) is 71.8 Å². The number of rotatable bonds is 8. The molecule has 0 aliphatic heterocycles. The number of hydrogen-bond acceptors (Lipinski definition) is 4. The maximum Gasteiger partial charge on any atom is 0.244 e. The lowest BCUT2D eigenvalue weighted by molar-refractivity contribution is 0.177. The van der Waals surface area contributed by atoms with Gasteiger partial charge in [0.05, 0.1) is 13.2 Å². The third-order valence-corrected chi connectivity index (χ3v) is 5.46. The first-order valence-electron chi connectivity index (χ1n) is 6.85. The van der Waals surface area contributed by atoms with E-state index >= 15 is 0 Å². The highest BCUT2D eigenvalue weighted by molar-refractivity contribution is 7.89. The first-order valence-corrected chi connectivity index (χ1v) is 8.29. The molecule has 1 heterocycles. The van der Waals surface area contributed by atoms with Gasteiger partial charge in [-0.1, -0.05) is 0 Å². The molecular formula is C13H22N2O4S. The highest BCUT2D eigenvalue weighted by Crippen LogP contribution is 2.32. The zero-order valence-corrected chi connectivity index (χ0v) is 12.8. The number of aliphatic hydroxyl groups excluding tert-OH is 1. The van der Waals surface area contributed by atoms with E-state index in [2.05, 4.69) is 0 Å². The minimum Gasteiger partial charge on any atom is -0.390 e. The Morgan fingerprint density at radius 2 is 2.20 bits per heavy atom. The van der Waals surface area contributed by atoms with Crippen molar-refractivity contribution >= 4 is 10.0 Å². The van der Waals surface area contributed by atoms with Crippen LogP contribution in [-0.2, 0) is 27.9 Å². The second-order valence-electron chi connectivity index (χ2n) is 4.95. The Bertz CT molecular complexity index is 527. The normalized spacial score (nSPS) is 16.0. The maximum atomic E-state index is 12.7. The molecule has 0 spiro atoms. The number of hydrogen-bond donors (Lipinski definition) is 1. The quantitative estimate of drug-likeness (QED) is 0.771. The minimum absolute atomic E-state index is 0.0951. The molecule has 1 fully saturated rings. The SMILES string of the molecule is CCn1cc(S(=O)(=O)N(CCOC)C2CC2)cc1CO. The lowest BCUT2D eigenvalue weighted by Gasteiger charge is -2.20. The van der Waals surface area contributed by atoms with Crippen LogP contribution < -0.4 is 0 Å². The number of aromatic nitrogens is 1. The number of methoxy groups -OCH3 is 1. The zero-order chi connectivity index (χ0) is 14.8. The van der Waals surface area contributed by atoms with Crippen LogP contribution in [0.3, 0.4) is 0 Å². The first kappa shape index (κ1) is 15.5. The van der Waals surface area contributed by atoms with Crippen LogP contribution in [0.4, 0.5) is 0 Å². The molecule has 1 N–H and O–H groups in total. The molecule has 0 unspecified atom stereocenters. The molecule has 0 amide bonds. The van der Waals surface area contributed by atoms with Gasteiger partial charge in [-0.25, -0.2) is 8.42 Å². The second kappa shape index (κ2) is 6.26. The van der Waals surface area contributed by atoms with Gasteiger partial charge >= 0.3 is 0 Å². The largest absolute Gasteiger partial charge is 0.390 e. The Kier molecular flexibility index (Phi) is 4.85. The van der Waals surface area contributed by atoms with Crippen LogP contribution >= 0.6 is 0 Å². The van der Waals surface area contributed by atoms with E-state index in [9.17, 15) is 13.5 Å². The number of ether oxygens (including phenoxy) is 1. The molecule has 2 rings (SSSR count). The summed E-state index contributed by atoms with van der Waals surface area (Å²) in [5.41, 5.74) is 0.619. The van der Waals surface area contributed by atoms with E-state index < -0.39 is 10.0 Å². The Hall–Kier alpha value is -0.890. The Morgan fingerprint density at radius 3 is 2.65 bits per heavy atom. The van der Waals surface area contributed by atoms with E-state index in [1.807, 2.05) is 6.92 Å². The molecule has 20 heavy (non-hydrogen) atoms. The fourth-order valence-corrected chi connectivity index (χ4v) is 4.01. The number of sulfonamides is 1. The van der Waals surface area contributed by atoms with Crippen molar-refractivity contribution in [3.8, 4) is 0 Å². The summed E-state index contributed by atoms with van der Waals surface area (Å²) < 4.78 is 33.7. The molecule has 1 aliphatic rings. The van der Waals surface area contributed by atoms with Gasteiger partial charge in [0.2, 0.25) is 10.0 Å². The molecule has 0 atom stereocenters.